The van der Waals surface area contributed by atoms with Crippen molar-refractivity contribution in [2.24, 2.45) is 17.3 Å². The predicted octanol–water partition coefficient (Wildman–Crippen LogP) is 5.04. The third kappa shape index (κ3) is 3.29. The highest BCUT2D eigenvalue weighted by Gasteiger charge is 2.54. The second-order valence-electron chi connectivity index (χ2n) is 10.8. The summed E-state index contributed by atoms with van der Waals surface area (Å²) in [5, 5.41) is 12.1. The Morgan fingerprint density at radius 3 is 2.52 bits per heavy atom. The van der Waals surface area contributed by atoms with Gasteiger partial charge in [0.15, 0.2) is 0 Å². The molecule has 149 valence electrons. The van der Waals surface area contributed by atoms with Crippen molar-refractivity contribution in [2.75, 3.05) is 0 Å². The van der Waals surface area contributed by atoms with Gasteiger partial charge in [-0.25, -0.2) is 0 Å². The summed E-state index contributed by atoms with van der Waals surface area (Å²) in [4.78, 5) is 0. The second kappa shape index (κ2) is 6.62. The van der Waals surface area contributed by atoms with Gasteiger partial charge in [-0.1, -0.05) is 26.1 Å². The zero-order valence-corrected chi connectivity index (χ0v) is 19.1. The summed E-state index contributed by atoms with van der Waals surface area (Å²) in [5.41, 5.74) is 3.17. The number of hydrogen-bond donors (Lipinski definition) is 1. The van der Waals surface area contributed by atoms with Gasteiger partial charge in [-0.3, -0.25) is 0 Å². The summed E-state index contributed by atoms with van der Waals surface area (Å²) in [6.45, 7) is 13.6. The number of aryl methyl sites for hydroxylation is 1. The van der Waals surface area contributed by atoms with Crippen molar-refractivity contribution in [3.05, 3.63) is 23.3 Å². The Morgan fingerprint density at radius 2 is 1.85 bits per heavy atom. The van der Waals surface area contributed by atoms with Gasteiger partial charge in [0, 0.05) is 0 Å². The highest BCUT2D eigenvalue weighted by molar-refractivity contribution is 6.71. The molecule has 0 bridgehead atoms. The number of ether oxygens (including phenoxy) is 1. The topological polar surface area (TPSA) is 29.5 Å². The van der Waals surface area contributed by atoms with Crippen LogP contribution in [0.1, 0.15) is 76.8 Å². The van der Waals surface area contributed by atoms with Crippen molar-refractivity contribution < 1.29 is 9.84 Å². The SMILES string of the molecule is C[Si](C)c1cc2c(cc1OC(C)(C)C)CC[C@@H]1[C@@H]2CC[C@]2(C)[C@@H](O)CC[C@@H]12. The van der Waals surface area contributed by atoms with Crippen LogP contribution < -0.4 is 9.92 Å². The molecule has 2 fully saturated rings. The maximum absolute atomic E-state index is 10.6. The van der Waals surface area contributed by atoms with Gasteiger partial charge in [0.2, 0.25) is 0 Å². The standard InChI is InChI=1S/C24H37O2Si/c1-23(2,3)26-20-13-15-7-8-17-16(18(15)14-21(20)27(5)6)11-12-24(4)19(17)9-10-22(24)25/h13-14,16-17,19,22,25H,7-12H2,1-6H3/t16-,17+,19-,22-,24-/m0/s1. The highest BCUT2D eigenvalue weighted by Crippen LogP contribution is 2.60. The molecule has 3 aliphatic rings. The smallest absolute Gasteiger partial charge is 0.119 e. The number of fused-ring (bicyclic) bond motifs is 5. The van der Waals surface area contributed by atoms with Crippen LogP contribution >= 0.6 is 0 Å². The van der Waals surface area contributed by atoms with E-state index in [9.17, 15) is 5.11 Å². The van der Waals surface area contributed by atoms with Crippen molar-refractivity contribution in [3.63, 3.8) is 0 Å². The van der Waals surface area contributed by atoms with Crippen molar-refractivity contribution in [1.29, 1.82) is 0 Å². The summed E-state index contributed by atoms with van der Waals surface area (Å²) >= 11 is 0. The van der Waals surface area contributed by atoms with E-state index in [1.807, 2.05) is 0 Å². The molecule has 0 spiro atoms. The van der Waals surface area contributed by atoms with Gasteiger partial charge in [0.25, 0.3) is 0 Å². The first-order valence-corrected chi connectivity index (χ1v) is 13.4. The Morgan fingerprint density at radius 1 is 1.11 bits per heavy atom. The molecule has 0 heterocycles. The molecule has 27 heavy (non-hydrogen) atoms. The lowest BCUT2D eigenvalue weighted by atomic mass is 9.55. The molecule has 1 aromatic carbocycles. The van der Waals surface area contributed by atoms with Gasteiger partial charge in [0.05, 0.1) is 14.9 Å². The van der Waals surface area contributed by atoms with E-state index in [-0.39, 0.29) is 17.1 Å². The molecule has 1 radical (unpaired) electrons. The molecule has 4 rings (SSSR count). The van der Waals surface area contributed by atoms with Gasteiger partial charge < -0.3 is 9.84 Å². The molecule has 1 aromatic rings. The fourth-order valence-corrected chi connectivity index (χ4v) is 7.44. The first-order chi connectivity index (χ1) is 12.6. The van der Waals surface area contributed by atoms with E-state index in [1.54, 1.807) is 5.56 Å². The summed E-state index contributed by atoms with van der Waals surface area (Å²) in [7, 11) is -0.586. The van der Waals surface area contributed by atoms with Crippen LogP contribution in [0.4, 0.5) is 0 Å². The van der Waals surface area contributed by atoms with E-state index >= 15 is 0 Å². The zero-order chi connectivity index (χ0) is 19.6. The van der Waals surface area contributed by atoms with Crippen LogP contribution in [0, 0.1) is 17.3 Å². The fraction of sp³-hybridized carbons (Fsp3) is 0.750. The normalized spacial score (nSPS) is 35.6. The van der Waals surface area contributed by atoms with Crippen molar-refractivity contribution in [1.82, 2.24) is 0 Å². The van der Waals surface area contributed by atoms with Crippen LogP contribution in [0.2, 0.25) is 13.1 Å². The molecule has 0 aliphatic heterocycles. The average Bonchev–Trinajstić information content (AvgIpc) is 2.87. The monoisotopic (exact) mass is 385 g/mol. The lowest BCUT2D eigenvalue weighted by molar-refractivity contribution is -0.0226. The van der Waals surface area contributed by atoms with Crippen LogP contribution in [0.5, 0.6) is 5.75 Å². The molecule has 0 aromatic heterocycles. The Balaban J connectivity index is 1.71. The first kappa shape index (κ1) is 19.5. The molecule has 0 unspecified atom stereocenters. The minimum atomic E-state index is -0.586. The third-order valence-electron chi connectivity index (χ3n) is 7.73. The first-order valence-electron chi connectivity index (χ1n) is 10.9. The van der Waals surface area contributed by atoms with Crippen LogP contribution in [-0.2, 0) is 6.42 Å². The Kier molecular flexibility index (Phi) is 4.79. The van der Waals surface area contributed by atoms with Crippen LogP contribution in [0.25, 0.3) is 0 Å². The van der Waals surface area contributed by atoms with Crippen molar-refractivity contribution >= 4 is 14.0 Å². The van der Waals surface area contributed by atoms with E-state index in [2.05, 4.69) is 52.9 Å². The second-order valence-corrected chi connectivity index (χ2v) is 13.4. The number of aliphatic hydroxyl groups excluding tert-OH is 1. The lowest BCUT2D eigenvalue weighted by Gasteiger charge is -2.50. The summed E-state index contributed by atoms with van der Waals surface area (Å²) in [6, 6.07) is 4.93. The molecule has 1 N–H and O–H groups in total. The highest BCUT2D eigenvalue weighted by atomic mass is 28.3. The van der Waals surface area contributed by atoms with Gasteiger partial charge in [-0.05, 0) is 105 Å². The van der Waals surface area contributed by atoms with E-state index in [1.165, 1.54) is 42.9 Å². The average molecular weight is 386 g/mol. The maximum atomic E-state index is 10.6. The largest absolute Gasteiger partial charge is 0.488 e. The molecule has 5 atom stereocenters. The maximum Gasteiger partial charge on any atom is 0.119 e. The zero-order valence-electron chi connectivity index (χ0n) is 18.1. The molecule has 2 nitrogen and oxygen atoms in total. The minimum absolute atomic E-state index is 0.0796. The molecular formula is C24H37O2Si. The van der Waals surface area contributed by atoms with E-state index < -0.39 is 8.80 Å². The molecule has 3 heteroatoms. The van der Waals surface area contributed by atoms with Gasteiger partial charge in [0.1, 0.15) is 11.4 Å². The van der Waals surface area contributed by atoms with Gasteiger partial charge in [-0.2, -0.15) is 0 Å². The van der Waals surface area contributed by atoms with Crippen LogP contribution in [-0.4, -0.2) is 25.6 Å². The fourth-order valence-electron chi connectivity index (χ4n) is 6.38. The Bertz CT molecular complexity index is 720. The summed E-state index contributed by atoms with van der Waals surface area (Å²) in [6.07, 6.45) is 7.05. The molecule has 2 saturated carbocycles. The molecule has 0 amide bonds. The van der Waals surface area contributed by atoms with Crippen molar-refractivity contribution in [3.8, 4) is 5.75 Å². The third-order valence-corrected chi connectivity index (χ3v) is 9.20. The molecule has 0 saturated heterocycles. The van der Waals surface area contributed by atoms with Gasteiger partial charge >= 0.3 is 0 Å². The van der Waals surface area contributed by atoms with Crippen LogP contribution in [0.3, 0.4) is 0 Å². The number of rotatable bonds is 2. The number of aliphatic hydroxyl groups is 1. The summed E-state index contributed by atoms with van der Waals surface area (Å²) in [5.74, 6) is 3.30. The van der Waals surface area contributed by atoms with E-state index in [0.29, 0.717) is 11.8 Å². The number of hydrogen-bond acceptors (Lipinski definition) is 2. The van der Waals surface area contributed by atoms with E-state index in [4.69, 9.17) is 4.74 Å². The van der Waals surface area contributed by atoms with E-state index in [0.717, 1.165) is 18.1 Å². The van der Waals surface area contributed by atoms with Crippen molar-refractivity contribution in [2.45, 2.75) is 96.9 Å². The molecule has 3 aliphatic carbocycles. The summed E-state index contributed by atoms with van der Waals surface area (Å²) < 4.78 is 6.39. The quantitative estimate of drug-likeness (QED) is 0.723. The Labute approximate surface area is 167 Å². The van der Waals surface area contributed by atoms with Gasteiger partial charge in [-0.15, -0.1) is 0 Å². The lowest BCUT2D eigenvalue weighted by Crippen LogP contribution is -2.44. The molecular weight excluding hydrogens is 348 g/mol. The predicted molar refractivity (Wildman–Crippen MR) is 115 cm³/mol. The van der Waals surface area contributed by atoms with Crippen LogP contribution in [0.15, 0.2) is 12.1 Å². The number of benzene rings is 1. The Hall–Kier alpha value is -0.803. The minimum Gasteiger partial charge on any atom is -0.488 e.